The molecule has 0 spiro atoms. The monoisotopic (exact) mass is 124 g/mol. The first-order valence-corrected chi connectivity index (χ1v) is 3.44. The second-order valence-corrected chi connectivity index (χ2v) is 2.29. The van der Waals surface area contributed by atoms with Gasteiger partial charge in [-0.1, -0.05) is 5.92 Å². The van der Waals surface area contributed by atoms with Gasteiger partial charge in [0.15, 0.2) is 0 Å². The van der Waals surface area contributed by atoms with Gasteiger partial charge in [0.2, 0.25) is 0 Å². The minimum Gasteiger partial charge on any atom is -0.366 e. The summed E-state index contributed by atoms with van der Waals surface area (Å²) in [7, 11) is 0. The normalized spacial score (nSPS) is 17.9. The topological polar surface area (TPSA) is 9.23 Å². The van der Waals surface area contributed by atoms with E-state index < -0.39 is 0 Å². The molecule has 0 amide bonds. The highest BCUT2D eigenvalue weighted by atomic mass is 16.5. The zero-order valence-electron chi connectivity index (χ0n) is 5.81. The molecule has 1 aliphatic rings. The molecule has 1 fully saturated rings. The fraction of sp³-hybridized carbons (Fsp3) is 0.750. The highest BCUT2D eigenvalue weighted by molar-refractivity contribution is 4.95. The van der Waals surface area contributed by atoms with Gasteiger partial charge < -0.3 is 4.74 Å². The van der Waals surface area contributed by atoms with E-state index >= 15 is 0 Å². The lowest BCUT2D eigenvalue weighted by molar-refractivity contribution is 0.0217. The summed E-state index contributed by atoms with van der Waals surface area (Å²) in [4.78, 5) is 0. The highest BCUT2D eigenvalue weighted by Gasteiger charge is 2.16. The van der Waals surface area contributed by atoms with E-state index in [0.717, 1.165) is 0 Å². The Kier molecular flexibility index (Phi) is 2.60. The Balaban J connectivity index is 1.95. The molecule has 0 aromatic rings. The van der Waals surface area contributed by atoms with Crippen LogP contribution in [0.4, 0.5) is 0 Å². The van der Waals surface area contributed by atoms with E-state index in [1.54, 1.807) is 0 Å². The molecule has 0 aromatic heterocycles. The van der Waals surface area contributed by atoms with Gasteiger partial charge >= 0.3 is 0 Å². The Morgan fingerprint density at radius 2 is 2.33 bits per heavy atom. The smallest absolute Gasteiger partial charge is 0.108 e. The second kappa shape index (κ2) is 3.53. The fourth-order valence-corrected chi connectivity index (χ4v) is 0.769. The average Bonchev–Trinajstić information content (AvgIpc) is 1.76. The minimum absolute atomic E-state index is 0.533. The maximum absolute atomic E-state index is 5.34. The van der Waals surface area contributed by atoms with E-state index in [9.17, 15) is 0 Å². The molecule has 1 nitrogen and oxygen atoms in total. The van der Waals surface area contributed by atoms with Crippen LogP contribution in [0.3, 0.4) is 0 Å². The molecule has 0 saturated heterocycles. The molecular formula is C8H12O. The van der Waals surface area contributed by atoms with Crippen LogP contribution in [0.15, 0.2) is 0 Å². The molecule has 0 aromatic carbocycles. The van der Waals surface area contributed by atoms with Gasteiger partial charge in [0.05, 0.1) is 6.10 Å². The maximum atomic E-state index is 5.34. The van der Waals surface area contributed by atoms with Crippen LogP contribution in [0, 0.1) is 11.8 Å². The van der Waals surface area contributed by atoms with Crippen LogP contribution in [0.5, 0.6) is 0 Å². The Morgan fingerprint density at radius 3 is 2.78 bits per heavy atom. The van der Waals surface area contributed by atoms with Gasteiger partial charge in [0, 0.05) is 0 Å². The molecule has 0 aliphatic heterocycles. The predicted molar refractivity (Wildman–Crippen MR) is 37.0 cm³/mol. The standard InChI is InChI=1S/C8H12O/c1-2-3-7-9-8-5-4-6-8/h8H,4-7H2,1H3. The van der Waals surface area contributed by atoms with Crippen LogP contribution in [-0.4, -0.2) is 12.7 Å². The number of ether oxygens (including phenoxy) is 1. The summed E-state index contributed by atoms with van der Waals surface area (Å²) in [5.74, 6) is 5.67. The van der Waals surface area contributed by atoms with E-state index in [1.807, 2.05) is 6.92 Å². The van der Waals surface area contributed by atoms with E-state index in [-0.39, 0.29) is 0 Å². The summed E-state index contributed by atoms with van der Waals surface area (Å²) in [5.41, 5.74) is 0. The summed E-state index contributed by atoms with van der Waals surface area (Å²) in [5, 5.41) is 0. The molecule has 0 bridgehead atoms. The predicted octanol–water partition coefficient (Wildman–Crippen LogP) is 1.58. The van der Waals surface area contributed by atoms with Gasteiger partial charge in [-0.15, -0.1) is 5.92 Å². The molecule has 0 unspecified atom stereocenters. The highest BCUT2D eigenvalue weighted by Crippen LogP contribution is 2.21. The summed E-state index contributed by atoms with van der Waals surface area (Å²) in [6, 6.07) is 0. The van der Waals surface area contributed by atoms with Gasteiger partial charge in [-0.3, -0.25) is 0 Å². The maximum Gasteiger partial charge on any atom is 0.108 e. The van der Waals surface area contributed by atoms with Gasteiger partial charge in [-0.05, 0) is 26.2 Å². The van der Waals surface area contributed by atoms with Crippen LogP contribution < -0.4 is 0 Å². The van der Waals surface area contributed by atoms with Crippen molar-refractivity contribution in [3.8, 4) is 11.8 Å². The van der Waals surface area contributed by atoms with Crippen LogP contribution in [0.1, 0.15) is 26.2 Å². The number of rotatable bonds is 2. The van der Waals surface area contributed by atoms with Crippen molar-refractivity contribution < 1.29 is 4.74 Å². The molecule has 0 atom stereocenters. The zero-order valence-corrected chi connectivity index (χ0v) is 5.81. The van der Waals surface area contributed by atoms with Crippen molar-refractivity contribution in [3.63, 3.8) is 0 Å². The van der Waals surface area contributed by atoms with Crippen LogP contribution in [0.2, 0.25) is 0 Å². The molecule has 50 valence electrons. The van der Waals surface area contributed by atoms with Crippen LogP contribution >= 0.6 is 0 Å². The SMILES string of the molecule is CC#CCOC1CCC1. The number of hydrogen-bond acceptors (Lipinski definition) is 1. The molecule has 9 heavy (non-hydrogen) atoms. The van der Waals surface area contributed by atoms with Crippen molar-refractivity contribution in [2.75, 3.05) is 6.61 Å². The van der Waals surface area contributed by atoms with Gasteiger partial charge in [-0.2, -0.15) is 0 Å². The van der Waals surface area contributed by atoms with E-state index in [2.05, 4.69) is 11.8 Å². The molecular weight excluding hydrogens is 112 g/mol. The zero-order chi connectivity index (χ0) is 6.53. The molecule has 0 heterocycles. The first-order valence-electron chi connectivity index (χ1n) is 3.44. The fourth-order valence-electron chi connectivity index (χ4n) is 0.769. The summed E-state index contributed by atoms with van der Waals surface area (Å²) in [6.45, 7) is 2.46. The summed E-state index contributed by atoms with van der Waals surface area (Å²) >= 11 is 0. The van der Waals surface area contributed by atoms with Crippen molar-refractivity contribution in [3.05, 3.63) is 0 Å². The lowest BCUT2D eigenvalue weighted by atomic mass is 9.96. The average molecular weight is 124 g/mol. The number of hydrogen-bond donors (Lipinski definition) is 0. The van der Waals surface area contributed by atoms with Crippen molar-refractivity contribution in [2.24, 2.45) is 0 Å². The molecule has 1 heteroatoms. The Morgan fingerprint density at radius 1 is 1.56 bits per heavy atom. The first-order chi connectivity index (χ1) is 4.43. The van der Waals surface area contributed by atoms with Crippen molar-refractivity contribution in [1.29, 1.82) is 0 Å². The molecule has 1 saturated carbocycles. The molecule has 0 N–H and O–H groups in total. The van der Waals surface area contributed by atoms with Gasteiger partial charge in [0.1, 0.15) is 6.61 Å². The van der Waals surface area contributed by atoms with Crippen molar-refractivity contribution in [1.82, 2.24) is 0 Å². The molecule has 1 rings (SSSR count). The van der Waals surface area contributed by atoms with Gasteiger partial charge in [0.25, 0.3) is 0 Å². The van der Waals surface area contributed by atoms with Crippen molar-refractivity contribution >= 4 is 0 Å². The van der Waals surface area contributed by atoms with Crippen LogP contribution in [0.25, 0.3) is 0 Å². The Labute approximate surface area is 56.4 Å². The van der Waals surface area contributed by atoms with E-state index in [0.29, 0.717) is 12.7 Å². The second-order valence-electron chi connectivity index (χ2n) is 2.29. The minimum atomic E-state index is 0.533. The Bertz CT molecular complexity index is 125. The molecule has 0 radical (unpaired) electrons. The van der Waals surface area contributed by atoms with E-state index in [4.69, 9.17) is 4.74 Å². The molecule has 1 aliphatic carbocycles. The third-order valence-electron chi connectivity index (χ3n) is 1.62. The third kappa shape index (κ3) is 2.07. The first kappa shape index (κ1) is 6.64. The quantitative estimate of drug-likeness (QED) is 0.508. The largest absolute Gasteiger partial charge is 0.366 e. The Hall–Kier alpha value is -0.480. The van der Waals surface area contributed by atoms with Crippen LogP contribution in [-0.2, 0) is 4.74 Å². The third-order valence-corrected chi connectivity index (χ3v) is 1.62. The summed E-state index contributed by atoms with van der Waals surface area (Å²) in [6.07, 6.45) is 4.35. The lowest BCUT2D eigenvalue weighted by Crippen LogP contribution is -2.21. The van der Waals surface area contributed by atoms with Crippen molar-refractivity contribution in [2.45, 2.75) is 32.3 Å². The van der Waals surface area contributed by atoms with E-state index in [1.165, 1.54) is 19.3 Å². The lowest BCUT2D eigenvalue weighted by Gasteiger charge is -2.24. The van der Waals surface area contributed by atoms with Gasteiger partial charge in [-0.25, -0.2) is 0 Å². The summed E-state index contributed by atoms with van der Waals surface area (Å²) < 4.78 is 5.34.